The molecule has 0 radical (unpaired) electrons. The van der Waals surface area contributed by atoms with E-state index in [2.05, 4.69) is 5.32 Å². The molecular formula is C9H19NO2. The highest BCUT2D eigenvalue weighted by Crippen LogP contribution is 2.12. The van der Waals surface area contributed by atoms with Gasteiger partial charge in [-0.05, 0) is 27.7 Å². The standard InChI is InChI=1S/C9H19NO2/c1-7(6-8(11)10-5)12-9(2,3)4/h7H,6H2,1-5H3,(H,10,11)/t7-/m1/s1. The fourth-order valence-corrected chi connectivity index (χ4v) is 1.01. The Bertz CT molecular complexity index is 149. The van der Waals surface area contributed by atoms with Crippen LogP contribution in [-0.2, 0) is 9.53 Å². The minimum absolute atomic E-state index is 0.0201. The van der Waals surface area contributed by atoms with E-state index in [0.717, 1.165) is 0 Å². The summed E-state index contributed by atoms with van der Waals surface area (Å²) in [5.74, 6) is 0.0201. The Morgan fingerprint density at radius 2 is 2.00 bits per heavy atom. The number of ether oxygens (including phenoxy) is 1. The number of hydrogen-bond acceptors (Lipinski definition) is 2. The first-order chi connectivity index (χ1) is 5.35. The van der Waals surface area contributed by atoms with Crippen LogP contribution in [0.3, 0.4) is 0 Å². The Labute approximate surface area is 74.5 Å². The van der Waals surface area contributed by atoms with Crippen LogP contribution in [0.1, 0.15) is 34.1 Å². The van der Waals surface area contributed by atoms with Crippen molar-refractivity contribution in [2.24, 2.45) is 0 Å². The zero-order valence-electron chi connectivity index (χ0n) is 8.60. The summed E-state index contributed by atoms with van der Waals surface area (Å²) in [6.45, 7) is 7.84. The first kappa shape index (κ1) is 11.4. The van der Waals surface area contributed by atoms with Gasteiger partial charge in [0.1, 0.15) is 0 Å². The maximum Gasteiger partial charge on any atom is 0.222 e. The smallest absolute Gasteiger partial charge is 0.222 e. The molecule has 3 heteroatoms. The first-order valence-corrected chi connectivity index (χ1v) is 4.23. The molecule has 0 unspecified atom stereocenters. The molecule has 0 fully saturated rings. The largest absolute Gasteiger partial charge is 0.372 e. The highest BCUT2D eigenvalue weighted by Gasteiger charge is 2.16. The van der Waals surface area contributed by atoms with Gasteiger partial charge in [-0.15, -0.1) is 0 Å². The van der Waals surface area contributed by atoms with Crippen LogP contribution in [0.4, 0.5) is 0 Å². The predicted molar refractivity (Wildman–Crippen MR) is 49.0 cm³/mol. The lowest BCUT2D eigenvalue weighted by atomic mass is 10.1. The van der Waals surface area contributed by atoms with Gasteiger partial charge in [-0.3, -0.25) is 4.79 Å². The predicted octanol–water partition coefficient (Wildman–Crippen LogP) is 1.33. The summed E-state index contributed by atoms with van der Waals surface area (Å²) in [6, 6.07) is 0. The van der Waals surface area contributed by atoms with Crippen molar-refractivity contribution in [3.05, 3.63) is 0 Å². The maximum atomic E-state index is 10.9. The van der Waals surface area contributed by atoms with E-state index >= 15 is 0 Å². The van der Waals surface area contributed by atoms with E-state index < -0.39 is 0 Å². The molecule has 0 aliphatic carbocycles. The van der Waals surface area contributed by atoms with Crippen molar-refractivity contribution >= 4 is 5.91 Å². The Morgan fingerprint density at radius 3 is 2.33 bits per heavy atom. The van der Waals surface area contributed by atoms with Crippen molar-refractivity contribution in [1.82, 2.24) is 5.32 Å². The van der Waals surface area contributed by atoms with E-state index in [1.54, 1.807) is 7.05 Å². The monoisotopic (exact) mass is 173 g/mol. The van der Waals surface area contributed by atoms with Crippen molar-refractivity contribution in [1.29, 1.82) is 0 Å². The second-order valence-corrected chi connectivity index (χ2v) is 3.92. The number of amides is 1. The molecule has 1 N–H and O–H groups in total. The van der Waals surface area contributed by atoms with Crippen LogP contribution in [-0.4, -0.2) is 24.7 Å². The topological polar surface area (TPSA) is 38.3 Å². The molecule has 0 aliphatic rings. The molecule has 0 aromatic rings. The Morgan fingerprint density at radius 1 is 1.50 bits per heavy atom. The van der Waals surface area contributed by atoms with Gasteiger partial charge in [0.2, 0.25) is 5.91 Å². The molecule has 0 saturated heterocycles. The number of nitrogens with one attached hydrogen (secondary N) is 1. The van der Waals surface area contributed by atoms with Crippen LogP contribution in [0, 0.1) is 0 Å². The van der Waals surface area contributed by atoms with Gasteiger partial charge in [0.15, 0.2) is 0 Å². The van der Waals surface area contributed by atoms with Crippen LogP contribution in [0.15, 0.2) is 0 Å². The molecule has 1 amide bonds. The van der Waals surface area contributed by atoms with Gasteiger partial charge in [-0.25, -0.2) is 0 Å². The maximum absolute atomic E-state index is 10.9. The Kier molecular flexibility index (Phi) is 4.24. The zero-order chi connectivity index (χ0) is 9.78. The molecular weight excluding hydrogens is 154 g/mol. The van der Waals surface area contributed by atoms with Crippen LogP contribution in [0.5, 0.6) is 0 Å². The van der Waals surface area contributed by atoms with E-state index in [0.29, 0.717) is 6.42 Å². The summed E-state index contributed by atoms with van der Waals surface area (Å²) in [6.07, 6.45) is 0.401. The highest BCUT2D eigenvalue weighted by atomic mass is 16.5. The second kappa shape index (κ2) is 4.45. The first-order valence-electron chi connectivity index (χ1n) is 4.23. The Balaban J connectivity index is 3.74. The van der Waals surface area contributed by atoms with E-state index in [1.165, 1.54) is 0 Å². The van der Waals surface area contributed by atoms with Crippen LogP contribution in [0.2, 0.25) is 0 Å². The summed E-state index contributed by atoms with van der Waals surface area (Å²) in [7, 11) is 1.63. The lowest BCUT2D eigenvalue weighted by Crippen LogP contribution is -2.30. The summed E-state index contributed by atoms with van der Waals surface area (Å²) in [5.41, 5.74) is -0.173. The van der Waals surface area contributed by atoms with Gasteiger partial charge in [0.25, 0.3) is 0 Å². The number of rotatable bonds is 3. The summed E-state index contributed by atoms with van der Waals surface area (Å²) < 4.78 is 5.55. The third kappa shape index (κ3) is 6.16. The lowest BCUT2D eigenvalue weighted by Gasteiger charge is -2.24. The molecule has 0 aromatic heterocycles. The summed E-state index contributed by atoms with van der Waals surface area (Å²) in [5, 5.41) is 2.56. The van der Waals surface area contributed by atoms with Crippen molar-refractivity contribution in [3.63, 3.8) is 0 Å². The van der Waals surface area contributed by atoms with Crippen LogP contribution in [0.25, 0.3) is 0 Å². The Hall–Kier alpha value is -0.570. The SMILES string of the molecule is CNC(=O)C[C@@H](C)OC(C)(C)C. The minimum atomic E-state index is -0.173. The third-order valence-electron chi connectivity index (χ3n) is 1.31. The van der Waals surface area contributed by atoms with E-state index in [4.69, 9.17) is 4.74 Å². The number of hydrogen-bond donors (Lipinski definition) is 1. The van der Waals surface area contributed by atoms with E-state index in [1.807, 2.05) is 27.7 Å². The minimum Gasteiger partial charge on any atom is -0.372 e. The van der Waals surface area contributed by atoms with Crippen LogP contribution >= 0.6 is 0 Å². The molecule has 12 heavy (non-hydrogen) atoms. The molecule has 0 aromatic carbocycles. The average Bonchev–Trinajstić information content (AvgIpc) is 1.82. The molecule has 72 valence electrons. The van der Waals surface area contributed by atoms with Crippen molar-refractivity contribution < 1.29 is 9.53 Å². The molecule has 0 saturated carbocycles. The quantitative estimate of drug-likeness (QED) is 0.699. The molecule has 1 atom stereocenters. The van der Waals surface area contributed by atoms with Crippen molar-refractivity contribution in [3.8, 4) is 0 Å². The fraction of sp³-hybridized carbons (Fsp3) is 0.889. The second-order valence-electron chi connectivity index (χ2n) is 3.92. The number of carbonyl (C=O) groups is 1. The summed E-state index contributed by atoms with van der Waals surface area (Å²) in [4.78, 5) is 10.9. The van der Waals surface area contributed by atoms with Gasteiger partial charge in [-0.1, -0.05) is 0 Å². The average molecular weight is 173 g/mol. The van der Waals surface area contributed by atoms with E-state index in [9.17, 15) is 4.79 Å². The number of carbonyl (C=O) groups excluding carboxylic acids is 1. The highest BCUT2D eigenvalue weighted by molar-refractivity contribution is 5.75. The molecule has 3 nitrogen and oxygen atoms in total. The molecule has 0 heterocycles. The summed E-state index contributed by atoms with van der Waals surface area (Å²) >= 11 is 0. The van der Waals surface area contributed by atoms with Crippen molar-refractivity contribution in [2.75, 3.05) is 7.05 Å². The van der Waals surface area contributed by atoms with E-state index in [-0.39, 0.29) is 17.6 Å². The van der Waals surface area contributed by atoms with Gasteiger partial charge < -0.3 is 10.1 Å². The molecule has 0 rings (SSSR count). The van der Waals surface area contributed by atoms with Gasteiger partial charge in [0.05, 0.1) is 18.1 Å². The fourth-order valence-electron chi connectivity index (χ4n) is 1.01. The molecule has 0 bridgehead atoms. The lowest BCUT2D eigenvalue weighted by molar-refractivity contribution is -0.126. The van der Waals surface area contributed by atoms with Gasteiger partial charge >= 0.3 is 0 Å². The van der Waals surface area contributed by atoms with Crippen molar-refractivity contribution in [2.45, 2.75) is 45.8 Å². The van der Waals surface area contributed by atoms with Gasteiger partial charge in [-0.2, -0.15) is 0 Å². The van der Waals surface area contributed by atoms with Gasteiger partial charge in [0, 0.05) is 7.05 Å². The zero-order valence-corrected chi connectivity index (χ0v) is 8.60. The van der Waals surface area contributed by atoms with Crippen LogP contribution < -0.4 is 5.32 Å². The third-order valence-corrected chi connectivity index (χ3v) is 1.31. The normalized spacial score (nSPS) is 14.1. The molecule has 0 aliphatic heterocycles. The molecule has 0 spiro atoms.